The van der Waals surface area contributed by atoms with Gasteiger partial charge in [-0.3, -0.25) is 4.79 Å². The summed E-state index contributed by atoms with van der Waals surface area (Å²) in [4.78, 5) is 11.9. The number of ether oxygens (including phenoxy) is 1. The van der Waals surface area contributed by atoms with E-state index < -0.39 is 17.0 Å². The molecule has 30 heavy (non-hydrogen) atoms. The van der Waals surface area contributed by atoms with Crippen LogP contribution in [0.2, 0.25) is 0 Å². The number of fused-ring (bicyclic) bond motifs is 1. The molecule has 0 saturated carbocycles. The maximum atomic E-state index is 13.4. The maximum Gasteiger partial charge on any atom is 0.307 e. The Bertz CT molecular complexity index is 1070. The van der Waals surface area contributed by atoms with E-state index >= 15 is 0 Å². The van der Waals surface area contributed by atoms with Crippen molar-refractivity contribution in [3.05, 3.63) is 54.4 Å². The van der Waals surface area contributed by atoms with Crippen molar-refractivity contribution in [1.82, 2.24) is 13.9 Å². The van der Waals surface area contributed by atoms with Crippen LogP contribution in [0.3, 0.4) is 0 Å². The molecular formula is C22H25N3O4S. The third-order valence-electron chi connectivity index (χ3n) is 5.54. The number of carboxylic acids is 1. The van der Waals surface area contributed by atoms with Crippen LogP contribution in [0.15, 0.2) is 53.7 Å². The first-order valence-electron chi connectivity index (χ1n) is 10.00. The Morgan fingerprint density at radius 2 is 2.03 bits per heavy atom. The lowest BCUT2D eigenvalue weighted by molar-refractivity contribution is -0.136. The number of methoxy groups -OCH3 is 1. The smallest absolute Gasteiger partial charge is 0.307 e. The number of rotatable bonds is 7. The molecule has 1 unspecified atom stereocenters. The van der Waals surface area contributed by atoms with Crippen molar-refractivity contribution < 1.29 is 18.8 Å². The van der Waals surface area contributed by atoms with E-state index in [-0.39, 0.29) is 6.42 Å². The lowest BCUT2D eigenvalue weighted by atomic mass is 9.99. The van der Waals surface area contributed by atoms with Crippen molar-refractivity contribution in [1.29, 1.82) is 0 Å². The van der Waals surface area contributed by atoms with E-state index in [0.717, 1.165) is 54.1 Å². The first kappa shape index (κ1) is 20.7. The first-order valence-corrected chi connectivity index (χ1v) is 11.1. The van der Waals surface area contributed by atoms with Gasteiger partial charge in [-0.25, -0.2) is 13.0 Å². The second kappa shape index (κ2) is 9.07. The molecule has 0 spiro atoms. The van der Waals surface area contributed by atoms with E-state index in [2.05, 4.69) is 5.10 Å². The average molecular weight is 428 g/mol. The van der Waals surface area contributed by atoms with Crippen LogP contribution < -0.4 is 0 Å². The minimum Gasteiger partial charge on any atom is -0.481 e. The lowest BCUT2D eigenvalue weighted by Crippen LogP contribution is -2.36. The largest absolute Gasteiger partial charge is 0.481 e. The van der Waals surface area contributed by atoms with Crippen LogP contribution in [0, 0.1) is 5.92 Å². The second-order valence-electron chi connectivity index (χ2n) is 7.56. The van der Waals surface area contributed by atoms with Crippen LogP contribution in [0.25, 0.3) is 16.6 Å². The van der Waals surface area contributed by atoms with Gasteiger partial charge in [0.15, 0.2) is 0 Å². The van der Waals surface area contributed by atoms with E-state index in [9.17, 15) is 9.00 Å². The molecule has 1 aromatic carbocycles. The zero-order valence-corrected chi connectivity index (χ0v) is 17.7. The Morgan fingerprint density at radius 3 is 2.77 bits per heavy atom. The van der Waals surface area contributed by atoms with Crippen molar-refractivity contribution in [2.75, 3.05) is 26.8 Å². The predicted molar refractivity (Wildman–Crippen MR) is 115 cm³/mol. The van der Waals surface area contributed by atoms with Crippen LogP contribution in [-0.2, 0) is 26.9 Å². The Labute approximate surface area is 177 Å². The van der Waals surface area contributed by atoms with Gasteiger partial charge in [-0.1, -0.05) is 18.2 Å². The van der Waals surface area contributed by atoms with Crippen LogP contribution in [0.1, 0.15) is 18.4 Å². The van der Waals surface area contributed by atoms with E-state index in [4.69, 9.17) is 9.84 Å². The van der Waals surface area contributed by atoms with Gasteiger partial charge in [-0.15, -0.1) is 0 Å². The molecule has 0 bridgehead atoms. The summed E-state index contributed by atoms with van der Waals surface area (Å²) >= 11 is 0. The zero-order chi connectivity index (χ0) is 21.1. The highest BCUT2D eigenvalue weighted by Gasteiger charge is 2.25. The summed E-state index contributed by atoms with van der Waals surface area (Å²) < 4.78 is 22.4. The molecule has 3 heterocycles. The van der Waals surface area contributed by atoms with Gasteiger partial charge in [0, 0.05) is 38.6 Å². The maximum absolute atomic E-state index is 13.4. The number of carboxylic acid groups (broad SMARTS) is 1. The summed E-state index contributed by atoms with van der Waals surface area (Å²) in [6, 6.07) is 11.5. The Balaban J connectivity index is 1.63. The topological polar surface area (TPSA) is 84.1 Å². The van der Waals surface area contributed by atoms with Crippen molar-refractivity contribution in [2.24, 2.45) is 5.92 Å². The first-order chi connectivity index (χ1) is 14.6. The summed E-state index contributed by atoms with van der Waals surface area (Å²) in [5.74, 6) is -0.371. The third-order valence-corrected chi connectivity index (χ3v) is 7.11. The highest BCUT2D eigenvalue weighted by Crippen LogP contribution is 2.30. The van der Waals surface area contributed by atoms with Crippen LogP contribution >= 0.6 is 0 Å². The minimum absolute atomic E-state index is 0.0864. The molecule has 3 aromatic rings. The highest BCUT2D eigenvalue weighted by atomic mass is 32.2. The summed E-state index contributed by atoms with van der Waals surface area (Å²) in [6.45, 7) is 2.31. The fourth-order valence-corrected chi connectivity index (χ4v) is 5.36. The van der Waals surface area contributed by atoms with E-state index in [1.54, 1.807) is 17.8 Å². The van der Waals surface area contributed by atoms with Gasteiger partial charge >= 0.3 is 5.97 Å². The normalized spacial score (nSPS) is 16.7. The van der Waals surface area contributed by atoms with Gasteiger partial charge in [-0.2, -0.15) is 5.10 Å². The number of pyridine rings is 1. The lowest BCUT2D eigenvalue weighted by Gasteiger charge is -2.30. The van der Waals surface area contributed by atoms with Gasteiger partial charge in [0.2, 0.25) is 0 Å². The van der Waals surface area contributed by atoms with Gasteiger partial charge in [0.1, 0.15) is 11.0 Å². The number of carbonyl (C=O) groups is 1. The van der Waals surface area contributed by atoms with E-state index in [1.807, 2.05) is 46.9 Å². The molecule has 2 aromatic heterocycles. The van der Waals surface area contributed by atoms with Gasteiger partial charge < -0.3 is 9.84 Å². The molecule has 1 N–H and O–H groups in total. The molecule has 1 aliphatic heterocycles. The second-order valence-corrected chi connectivity index (χ2v) is 9.01. The summed E-state index contributed by atoms with van der Waals surface area (Å²) in [5.41, 5.74) is 3.19. The van der Waals surface area contributed by atoms with Crippen molar-refractivity contribution in [3.8, 4) is 11.1 Å². The fraction of sp³-hybridized carbons (Fsp3) is 0.364. The average Bonchev–Trinajstić information content (AvgIpc) is 3.15. The third kappa shape index (κ3) is 4.30. The molecule has 0 aliphatic carbocycles. The van der Waals surface area contributed by atoms with Crippen LogP contribution in [0.4, 0.5) is 0 Å². The quantitative estimate of drug-likeness (QED) is 0.627. The van der Waals surface area contributed by atoms with E-state index in [0.29, 0.717) is 11.5 Å². The number of hydrogen-bond acceptors (Lipinski definition) is 4. The monoisotopic (exact) mass is 427 g/mol. The van der Waals surface area contributed by atoms with E-state index in [1.165, 1.54) is 0 Å². The Hall–Kier alpha value is -2.55. The number of nitrogens with zero attached hydrogens (tertiary/aromatic N) is 3. The Morgan fingerprint density at radius 1 is 1.27 bits per heavy atom. The molecule has 1 saturated heterocycles. The van der Waals surface area contributed by atoms with Gasteiger partial charge in [0.05, 0.1) is 23.0 Å². The zero-order valence-electron chi connectivity index (χ0n) is 16.9. The number of aliphatic carboxylic acids is 1. The van der Waals surface area contributed by atoms with Crippen molar-refractivity contribution >= 4 is 22.5 Å². The number of benzene rings is 1. The SMILES string of the molecule is COCC1CCN(S(=O)c2ccccc2-c2ccn3ncc(CC(=O)O)c3c2)CC1. The number of piperidine rings is 1. The van der Waals surface area contributed by atoms with Gasteiger partial charge in [-0.05, 0) is 48.1 Å². The van der Waals surface area contributed by atoms with Crippen LogP contribution in [-0.4, -0.2) is 56.0 Å². The molecule has 1 fully saturated rings. The molecule has 8 heteroatoms. The molecule has 158 valence electrons. The summed E-state index contributed by atoms with van der Waals surface area (Å²) in [5, 5.41) is 13.4. The number of aromatic nitrogens is 2. The molecule has 0 radical (unpaired) electrons. The molecule has 0 amide bonds. The van der Waals surface area contributed by atoms with Crippen molar-refractivity contribution in [2.45, 2.75) is 24.2 Å². The summed E-state index contributed by atoms with van der Waals surface area (Å²) in [7, 11) is 0.459. The van der Waals surface area contributed by atoms with Crippen LogP contribution in [0.5, 0.6) is 0 Å². The summed E-state index contributed by atoms with van der Waals surface area (Å²) in [6.07, 6.45) is 5.26. The minimum atomic E-state index is -1.26. The molecular weight excluding hydrogens is 402 g/mol. The molecule has 1 aliphatic rings. The molecule has 7 nitrogen and oxygen atoms in total. The van der Waals surface area contributed by atoms with Gasteiger partial charge in [0.25, 0.3) is 0 Å². The fourth-order valence-electron chi connectivity index (χ4n) is 3.97. The highest BCUT2D eigenvalue weighted by molar-refractivity contribution is 7.82. The standard InChI is InChI=1S/C22H25N3O4S/c1-29-15-16-6-9-24(10-7-16)30(28)21-5-3-2-4-19(21)17-8-11-25-20(12-17)18(14-23-25)13-22(26)27/h2-5,8,11-12,14,16H,6-7,9-10,13,15H2,1H3,(H,26,27). The number of hydrogen-bond donors (Lipinski definition) is 1. The molecule has 1 atom stereocenters. The predicted octanol–water partition coefficient (Wildman–Crippen LogP) is 3.01. The molecule has 4 rings (SSSR count). The van der Waals surface area contributed by atoms with Crippen molar-refractivity contribution in [3.63, 3.8) is 0 Å². The Kier molecular flexibility index (Phi) is 6.26.